The van der Waals surface area contributed by atoms with Gasteiger partial charge in [0.25, 0.3) is 0 Å². The van der Waals surface area contributed by atoms with Gasteiger partial charge in [-0.3, -0.25) is 0 Å². The minimum absolute atomic E-state index is 0.0198. The Morgan fingerprint density at radius 3 is 2.73 bits per heavy atom. The molecule has 4 nitrogen and oxygen atoms in total. The predicted octanol–water partition coefficient (Wildman–Crippen LogP) is 1.54. The summed E-state index contributed by atoms with van der Waals surface area (Å²) in [5.74, 6) is -0.173. The first-order chi connectivity index (χ1) is 7.18. The molecule has 2 fully saturated rings. The lowest BCUT2D eigenvalue weighted by atomic mass is 9.95. The number of hydrogen-bond donors (Lipinski definition) is 0. The third-order valence-corrected chi connectivity index (χ3v) is 3.09. The number of rotatable bonds is 2. The summed E-state index contributed by atoms with van der Waals surface area (Å²) in [7, 11) is 1.66. The van der Waals surface area contributed by atoms with E-state index in [0.29, 0.717) is 19.1 Å². The van der Waals surface area contributed by atoms with Crippen LogP contribution < -0.4 is 0 Å². The molecule has 2 aliphatic heterocycles. The van der Waals surface area contributed by atoms with Crippen molar-refractivity contribution in [2.75, 3.05) is 20.3 Å². The van der Waals surface area contributed by atoms with Crippen molar-refractivity contribution in [3.8, 4) is 0 Å². The van der Waals surface area contributed by atoms with Crippen LogP contribution in [-0.2, 0) is 18.9 Å². The maximum atomic E-state index is 5.84. The highest BCUT2D eigenvalue weighted by molar-refractivity contribution is 4.90. The van der Waals surface area contributed by atoms with E-state index in [-0.39, 0.29) is 12.4 Å². The van der Waals surface area contributed by atoms with Crippen LogP contribution in [0.5, 0.6) is 0 Å². The molecule has 4 heteroatoms. The van der Waals surface area contributed by atoms with Gasteiger partial charge in [-0.25, -0.2) is 0 Å². The molecule has 1 spiro atoms. The Bertz CT molecular complexity index is 219. The molecule has 0 amide bonds. The van der Waals surface area contributed by atoms with E-state index in [2.05, 4.69) is 13.8 Å². The second kappa shape index (κ2) is 4.37. The van der Waals surface area contributed by atoms with E-state index in [4.69, 9.17) is 18.9 Å². The van der Waals surface area contributed by atoms with Crippen LogP contribution in [0, 0.1) is 5.92 Å². The fourth-order valence-electron chi connectivity index (χ4n) is 2.44. The second-order valence-electron chi connectivity index (χ2n) is 4.52. The van der Waals surface area contributed by atoms with Gasteiger partial charge in [-0.2, -0.15) is 0 Å². The molecule has 15 heavy (non-hydrogen) atoms. The normalized spacial score (nSPS) is 41.6. The third kappa shape index (κ3) is 2.04. The lowest BCUT2D eigenvalue weighted by molar-refractivity contribution is -0.343. The fourth-order valence-corrected chi connectivity index (χ4v) is 2.44. The highest BCUT2D eigenvalue weighted by atomic mass is 16.8. The van der Waals surface area contributed by atoms with Gasteiger partial charge in [0.05, 0.1) is 13.2 Å². The smallest absolute Gasteiger partial charge is 0.198 e. The van der Waals surface area contributed by atoms with Crippen molar-refractivity contribution in [1.29, 1.82) is 0 Å². The standard InChI is InChI=1S/C11H20O4/c1-8(2)10-11(14-7-6-13-10)5-4-9(12-3)15-11/h8-10H,4-7H2,1-3H3. The van der Waals surface area contributed by atoms with Crippen LogP contribution in [-0.4, -0.2) is 38.5 Å². The Kier molecular flexibility index (Phi) is 3.30. The van der Waals surface area contributed by atoms with Crippen LogP contribution >= 0.6 is 0 Å². The zero-order chi connectivity index (χ0) is 10.9. The van der Waals surface area contributed by atoms with E-state index in [1.54, 1.807) is 7.11 Å². The SMILES string of the molecule is COC1CCC2(OCCOC2C(C)C)O1. The highest BCUT2D eigenvalue weighted by Gasteiger charge is 2.51. The third-order valence-electron chi connectivity index (χ3n) is 3.09. The molecular weight excluding hydrogens is 196 g/mol. The quantitative estimate of drug-likeness (QED) is 0.701. The summed E-state index contributed by atoms with van der Waals surface area (Å²) in [6, 6.07) is 0. The van der Waals surface area contributed by atoms with Gasteiger partial charge < -0.3 is 18.9 Å². The highest BCUT2D eigenvalue weighted by Crippen LogP contribution is 2.40. The van der Waals surface area contributed by atoms with Crippen LogP contribution in [0.1, 0.15) is 26.7 Å². The molecule has 0 aromatic heterocycles. The second-order valence-corrected chi connectivity index (χ2v) is 4.52. The van der Waals surface area contributed by atoms with Crippen molar-refractivity contribution in [3.05, 3.63) is 0 Å². The van der Waals surface area contributed by atoms with Crippen LogP contribution in [0.25, 0.3) is 0 Å². The molecule has 2 aliphatic rings. The monoisotopic (exact) mass is 216 g/mol. The van der Waals surface area contributed by atoms with Crippen molar-refractivity contribution in [3.63, 3.8) is 0 Å². The Morgan fingerprint density at radius 2 is 2.13 bits per heavy atom. The first kappa shape index (κ1) is 11.3. The molecule has 0 aromatic carbocycles. The maximum Gasteiger partial charge on any atom is 0.198 e. The first-order valence-corrected chi connectivity index (χ1v) is 5.64. The van der Waals surface area contributed by atoms with Gasteiger partial charge in [-0.05, 0) is 5.92 Å². The number of hydrogen-bond acceptors (Lipinski definition) is 4. The largest absolute Gasteiger partial charge is 0.370 e. The van der Waals surface area contributed by atoms with Crippen molar-refractivity contribution >= 4 is 0 Å². The molecular formula is C11H20O4. The summed E-state index contributed by atoms with van der Waals surface area (Å²) >= 11 is 0. The molecule has 0 radical (unpaired) electrons. The van der Waals surface area contributed by atoms with Crippen LogP contribution in [0.2, 0.25) is 0 Å². The zero-order valence-electron chi connectivity index (χ0n) is 9.69. The zero-order valence-corrected chi connectivity index (χ0v) is 9.69. The molecule has 0 N–H and O–H groups in total. The topological polar surface area (TPSA) is 36.9 Å². The van der Waals surface area contributed by atoms with Gasteiger partial charge in [0.15, 0.2) is 12.1 Å². The molecule has 3 unspecified atom stereocenters. The average Bonchev–Trinajstić information content (AvgIpc) is 2.62. The van der Waals surface area contributed by atoms with Gasteiger partial charge in [-0.1, -0.05) is 13.8 Å². The van der Waals surface area contributed by atoms with E-state index < -0.39 is 5.79 Å². The summed E-state index contributed by atoms with van der Waals surface area (Å²) < 4.78 is 22.6. The van der Waals surface area contributed by atoms with Gasteiger partial charge in [-0.15, -0.1) is 0 Å². The Labute approximate surface area is 90.8 Å². The lowest BCUT2D eigenvalue weighted by Crippen LogP contribution is -2.53. The van der Waals surface area contributed by atoms with Gasteiger partial charge >= 0.3 is 0 Å². The molecule has 2 heterocycles. The molecule has 2 saturated heterocycles. The molecule has 0 saturated carbocycles. The fraction of sp³-hybridized carbons (Fsp3) is 1.00. The van der Waals surface area contributed by atoms with E-state index in [0.717, 1.165) is 12.8 Å². The number of ether oxygens (including phenoxy) is 4. The van der Waals surface area contributed by atoms with Crippen LogP contribution in [0.15, 0.2) is 0 Å². The average molecular weight is 216 g/mol. The molecule has 0 aromatic rings. The maximum absolute atomic E-state index is 5.84. The van der Waals surface area contributed by atoms with Gasteiger partial charge in [0.2, 0.25) is 0 Å². The summed E-state index contributed by atoms with van der Waals surface area (Å²) in [5, 5.41) is 0. The summed E-state index contributed by atoms with van der Waals surface area (Å²) in [5.41, 5.74) is 0. The van der Waals surface area contributed by atoms with E-state index in [9.17, 15) is 0 Å². The Hall–Kier alpha value is -0.160. The van der Waals surface area contributed by atoms with Crippen LogP contribution in [0.4, 0.5) is 0 Å². The lowest BCUT2D eigenvalue weighted by Gasteiger charge is -2.42. The minimum atomic E-state index is -0.562. The molecule has 88 valence electrons. The summed E-state index contributed by atoms with van der Waals surface area (Å²) in [6.07, 6.45) is 1.61. The van der Waals surface area contributed by atoms with Crippen molar-refractivity contribution in [2.24, 2.45) is 5.92 Å². The van der Waals surface area contributed by atoms with Gasteiger partial charge in [0, 0.05) is 20.0 Å². The first-order valence-electron chi connectivity index (χ1n) is 5.64. The van der Waals surface area contributed by atoms with E-state index in [1.165, 1.54) is 0 Å². The van der Waals surface area contributed by atoms with Crippen molar-refractivity contribution < 1.29 is 18.9 Å². The van der Waals surface area contributed by atoms with E-state index in [1.807, 2.05) is 0 Å². The predicted molar refractivity (Wildman–Crippen MR) is 54.4 cm³/mol. The summed E-state index contributed by atoms with van der Waals surface area (Å²) in [4.78, 5) is 0. The van der Waals surface area contributed by atoms with Crippen LogP contribution in [0.3, 0.4) is 0 Å². The Morgan fingerprint density at radius 1 is 1.33 bits per heavy atom. The Balaban J connectivity index is 2.10. The van der Waals surface area contributed by atoms with Crippen molar-refractivity contribution in [2.45, 2.75) is 44.9 Å². The summed E-state index contributed by atoms with van der Waals surface area (Å²) in [6.45, 7) is 5.53. The van der Waals surface area contributed by atoms with E-state index >= 15 is 0 Å². The number of methoxy groups -OCH3 is 1. The van der Waals surface area contributed by atoms with Gasteiger partial charge in [0.1, 0.15) is 6.10 Å². The molecule has 0 bridgehead atoms. The van der Waals surface area contributed by atoms with Crippen molar-refractivity contribution in [1.82, 2.24) is 0 Å². The molecule has 0 aliphatic carbocycles. The molecule has 2 rings (SSSR count). The molecule has 3 atom stereocenters. The minimum Gasteiger partial charge on any atom is -0.370 e.